The van der Waals surface area contributed by atoms with Crippen molar-refractivity contribution in [3.8, 4) is 0 Å². The molecule has 6 heteroatoms. The highest BCUT2D eigenvalue weighted by atomic mass is 16.5. The van der Waals surface area contributed by atoms with E-state index in [2.05, 4.69) is 34.1 Å². The molecule has 2 aliphatic rings. The Hall–Kier alpha value is -1.40. The van der Waals surface area contributed by atoms with Crippen LogP contribution in [0.25, 0.3) is 0 Å². The maximum Gasteiger partial charge on any atom is 0.237 e. The number of carbonyl (C=O) groups excluding carboxylic acids is 1. The van der Waals surface area contributed by atoms with Gasteiger partial charge in [-0.15, -0.1) is 0 Å². The van der Waals surface area contributed by atoms with Crippen molar-refractivity contribution in [3.05, 3.63) is 17.0 Å². The molecule has 3 atom stereocenters. The van der Waals surface area contributed by atoms with Crippen LogP contribution in [0.1, 0.15) is 37.3 Å². The summed E-state index contributed by atoms with van der Waals surface area (Å²) in [6.45, 7) is 11.3. The second-order valence-corrected chi connectivity index (χ2v) is 7.23. The number of likely N-dealkylation sites (N-methyl/N-ethyl adjacent to an activating group) is 1. The zero-order valence-electron chi connectivity index (χ0n) is 14.8. The Labute approximate surface area is 138 Å². The molecular formula is C17H28N4O2. The molecule has 0 unspecified atom stereocenters. The minimum Gasteiger partial charge on any atom is -0.361 e. The number of likely N-dealkylation sites (tertiary alicyclic amines) is 2. The fraction of sp³-hybridized carbons (Fsp3) is 0.765. The van der Waals surface area contributed by atoms with Gasteiger partial charge in [-0.05, 0) is 40.0 Å². The van der Waals surface area contributed by atoms with Crippen molar-refractivity contribution in [2.45, 2.75) is 58.8 Å². The summed E-state index contributed by atoms with van der Waals surface area (Å²) in [6.07, 6.45) is 0.959. The number of fused-ring (bicyclic) bond motifs is 1. The van der Waals surface area contributed by atoms with Crippen LogP contribution in [0.15, 0.2) is 4.52 Å². The van der Waals surface area contributed by atoms with Crippen LogP contribution in [0.2, 0.25) is 0 Å². The van der Waals surface area contributed by atoms with Gasteiger partial charge in [0.25, 0.3) is 0 Å². The molecular weight excluding hydrogens is 292 g/mol. The van der Waals surface area contributed by atoms with E-state index in [1.807, 2.05) is 13.8 Å². The number of carbonyl (C=O) groups is 1. The average Bonchev–Trinajstić information content (AvgIpc) is 3.13. The van der Waals surface area contributed by atoms with Gasteiger partial charge in [0, 0.05) is 44.3 Å². The quantitative estimate of drug-likeness (QED) is 0.906. The number of nitrogens with zero attached hydrogens (tertiary/aromatic N) is 3. The molecule has 0 aliphatic carbocycles. The van der Waals surface area contributed by atoms with Crippen LogP contribution in [-0.2, 0) is 11.3 Å². The number of amides is 1. The molecule has 1 aromatic rings. The molecule has 0 saturated carbocycles. The van der Waals surface area contributed by atoms with E-state index in [4.69, 9.17) is 4.52 Å². The maximum absolute atomic E-state index is 12.2. The predicted octanol–water partition coefficient (Wildman–Crippen LogP) is 1.32. The van der Waals surface area contributed by atoms with Gasteiger partial charge in [-0.2, -0.15) is 0 Å². The molecule has 6 nitrogen and oxygen atoms in total. The molecule has 1 N–H and O–H groups in total. The highest BCUT2D eigenvalue weighted by Crippen LogP contribution is 2.38. The van der Waals surface area contributed by atoms with Gasteiger partial charge in [0.05, 0.1) is 11.7 Å². The van der Waals surface area contributed by atoms with Crippen LogP contribution in [0.5, 0.6) is 0 Å². The fourth-order valence-corrected chi connectivity index (χ4v) is 4.38. The molecule has 3 heterocycles. The standard InChI is InChI=1S/C17H28N4O2/c1-10(2)21-15(17(22)18-5)6-13-7-20(9-16(13)21)8-14-11(3)19-23-12(14)4/h10,13,15-16H,6-9H2,1-5H3,(H,18,22)/t13-,15-,16+/m0/s1. The van der Waals surface area contributed by atoms with Crippen LogP contribution < -0.4 is 5.32 Å². The first-order valence-corrected chi connectivity index (χ1v) is 8.55. The molecule has 23 heavy (non-hydrogen) atoms. The molecule has 0 bridgehead atoms. The number of nitrogens with one attached hydrogen (secondary N) is 1. The molecule has 2 fully saturated rings. The highest BCUT2D eigenvalue weighted by Gasteiger charge is 2.49. The molecule has 128 valence electrons. The van der Waals surface area contributed by atoms with E-state index < -0.39 is 0 Å². The maximum atomic E-state index is 12.2. The molecule has 0 aromatic carbocycles. The van der Waals surface area contributed by atoms with E-state index in [0.29, 0.717) is 18.0 Å². The Morgan fingerprint density at radius 3 is 2.70 bits per heavy atom. The first-order valence-electron chi connectivity index (χ1n) is 8.55. The molecule has 0 spiro atoms. The average molecular weight is 320 g/mol. The van der Waals surface area contributed by atoms with Crippen molar-refractivity contribution in [1.82, 2.24) is 20.3 Å². The summed E-state index contributed by atoms with van der Waals surface area (Å²) < 4.78 is 5.28. The molecule has 1 aromatic heterocycles. The third kappa shape index (κ3) is 2.90. The summed E-state index contributed by atoms with van der Waals surface area (Å²) in [5, 5.41) is 6.88. The first-order chi connectivity index (χ1) is 10.9. The second kappa shape index (κ2) is 6.24. The lowest BCUT2D eigenvalue weighted by Crippen LogP contribution is -2.50. The summed E-state index contributed by atoms with van der Waals surface area (Å²) in [5.41, 5.74) is 2.20. The van der Waals surface area contributed by atoms with Crippen LogP contribution in [0.4, 0.5) is 0 Å². The van der Waals surface area contributed by atoms with E-state index in [-0.39, 0.29) is 11.9 Å². The number of rotatable bonds is 4. The Morgan fingerprint density at radius 1 is 1.39 bits per heavy atom. The molecule has 2 saturated heterocycles. The van der Waals surface area contributed by atoms with Crippen LogP contribution in [0, 0.1) is 19.8 Å². The Kier molecular flexibility index (Phi) is 4.47. The lowest BCUT2D eigenvalue weighted by Gasteiger charge is -2.33. The molecule has 2 aliphatic heterocycles. The Balaban J connectivity index is 1.71. The predicted molar refractivity (Wildman–Crippen MR) is 88.0 cm³/mol. The van der Waals surface area contributed by atoms with E-state index in [0.717, 1.165) is 37.5 Å². The monoisotopic (exact) mass is 320 g/mol. The zero-order valence-corrected chi connectivity index (χ0v) is 14.8. The summed E-state index contributed by atoms with van der Waals surface area (Å²) in [4.78, 5) is 17.1. The third-order valence-electron chi connectivity index (χ3n) is 5.46. The normalized spacial score (nSPS) is 28.5. The minimum absolute atomic E-state index is 0.0243. The Bertz CT molecular complexity index is 564. The van der Waals surface area contributed by atoms with E-state index in [9.17, 15) is 4.79 Å². The third-order valence-corrected chi connectivity index (χ3v) is 5.46. The summed E-state index contributed by atoms with van der Waals surface area (Å²) in [5.74, 6) is 1.65. The van der Waals surface area contributed by atoms with E-state index in [1.165, 1.54) is 5.56 Å². The smallest absolute Gasteiger partial charge is 0.237 e. The Morgan fingerprint density at radius 2 is 2.13 bits per heavy atom. The lowest BCUT2D eigenvalue weighted by molar-refractivity contribution is -0.126. The van der Waals surface area contributed by atoms with Gasteiger partial charge in [-0.3, -0.25) is 14.6 Å². The molecule has 0 radical (unpaired) electrons. The van der Waals surface area contributed by atoms with Gasteiger partial charge < -0.3 is 9.84 Å². The number of aryl methyl sites for hydroxylation is 2. The van der Waals surface area contributed by atoms with Gasteiger partial charge in [-0.25, -0.2) is 0 Å². The van der Waals surface area contributed by atoms with Crippen LogP contribution in [0.3, 0.4) is 0 Å². The molecule has 3 rings (SSSR count). The lowest BCUT2D eigenvalue weighted by atomic mass is 10.0. The number of aromatic nitrogens is 1. The summed E-state index contributed by atoms with van der Waals surface area (Å²) >= 11 is 0. The highest BCUT2D eigenvalue weighted by molar-refractivity contribution is 5.82. The van der Waals surface area contributed by atoms with Crippen molar-refractivity contribution in [1.29, 1.82) is 0 Å². The van der Waals surface area contributed by atoms with Crippen LogP contribution >= 0.6 is 0 Å². The fourth-order valence-electron chi connectivity index (χ4n) is 4.38. The molecule has 1 amide bonds. The van der Waals surface area contributed by atoms with Gasteiger partial charge in [0.2, 0.25) is 5.91 Å². The van der Waals surface area contributed by atoms with E-state index >= 15 is 0 Å². The minimum atomic E-state index is 0.0243. The summed E-state index contributed by atoms with van der Waals surface area (Å²) in [7, 11) is 1.73. The van der Waals surface area contributed by atoms with Crippen molar-refractivity contribution in [2.75, 3.05) is 20.1 Å². The van der Waals surface area contributed by atoms with Crippen molar-refractivity contribution < 1.29 is 9.32 Å². The number of hydrogen-bond donors (Lipinski definition) is 1. The number of hydrogen-bond acceptors (Lipinski definition) is 5. The van der Waals surface area contributed by atoms with Crippen molar-refractivity contribution >= 4 is 5.91 Å². The summed E-state index contributed by atoms with van der Waals surface area (Å²) in [6, 6.07) is 0.875. The van der Waals surface area contributed by atoms with Gasteiger partial charge in [0.15, 0.2) is 0 Å². The second-order valence-electron chi connectivity index (χ2n) is 7.23. The SMILES string of the molecule is CNC(=O)[C@@H]1C[C@H]2CN(Cc3c(C)noc3C)C[C@H]2N1C(C)C. The van der Waals surface area contributed by atoms with E-state index in [1.54, 1.807) is 7.05 Å². The first kappa shape index (κ1) is 16.5. The van der Waals surface area contributed by atoms with Crippen molar-refractivity contribution in [3.63, 3.8) is 0 Å². The topological polar surface area (TPSA) is 61.6 Å². The largest absolute Gasteiger partial charge is 0.361 e. The van der Waals surface area contributed by atoms with Gasteiger partial charge >= 0.3 is 0 Å². The van der Waals surface area contributed by atoms with Crippen molar-refractivity contribution in [2.24, 2.45) is 5.92 Å². The zero-order chi connectivity index (χ0) is 16.7. The van der Waals surface area contributed by atoms with Gasteiger partial charge in [-0.1, -0.05) is 5.16 Å². The van der Waals surface area contributed by atoms with Crippen LogP contribution in [-0.4, -0.2) is 59.1 Å². The van der Waals surface area contributed by atoms with Gasteiger partial charge in [0.1, 0.15) is 5.76 Å².